The molecule has 0 aliphatic carbocycles. The van der Waals surface area contributed by atoms with E-state index in [1.165, 1.54) is 6.92 Å². The van der Waals surface area contributed by atoms with Gasteiger partial charge in [-0.25, -0.2) is 14.4 Å². The number of carbonyl (C=O) groups is 4. The molecule has 4 rings (SSSR count). The van der Waals surface area contributed by atoms with Crippen LogP contribution in [-0.4, -0.2) is 37.1 Å². The van der Waals surface area contributed by atoms with Crippen LogP contribution in [0.5, 0.6) is 0 Å². The van der Waals surface area contributed by atoms with E-state index >= 15 is 0 Å². The van der Waals surface area contributed by atoms with Crippen LogP contribution >= 0.6 is 0 Å². The second-order valence-electron chi connectivity index (χ2n) is 6.91. The number of hydrogen-bond acceptors (Lipinski definition) is 9. The van der Waals surface area contributed by atoms with E-state index in [0.29, 0.717) is 27.8 Å². The molecule has 0 aromatic heterocycles. The highest BCUT2D eigenvalue weighted by Gasteiger charge is 2.54. The fourth-order valence-corrected chi connectivity index (χ4v) is 4.11. The Morgan fingerprint density at radius 2 is 1.60 bits per heavy atom. The molecule has 3 aliphatic rings. The van der Waals surface area contributed by atoms with Gasteiger partial charge in [-0.2, -0.15) is 0 Å². The van der Waals surface area contributed by atoms with Gasteiger partial charge in [0.25, 0.3) is 0 Å². The monoisotopic (exact) mass is 416 g/mol. The Bertz CT molecular complexity index is 1000. The summed E-state index contributed by atoms with van der Waals surface area (Å²) in [6.07, 6.45) is -1.79. The molecule has 30 heavy (non-hydrogen) atoms. The number of rotatable bonds is 6. The van der Waals surface area contributed by atoms with E-state index < -0.39 is 36.1 Å². The summed E-state index contributed by atoms with van der Waals surface area (Å²) in [6, 6.07) is 1.59. The maximum Gasteiger partial charge on any atom is 0.338 e. The largest absolute Gasteiger partial charge is 0.463 e. The van der Waals surface area contributed by atoms with Crippen molar-refractivity contribution in [1.29, 1.82) is 0 Å². The lowest BCUT2D eigenvalue weighted by Crippen LogP contribution is -2.23. The molecule has 3 heterocycles. The van der Waals surface area contributed by atoms with Crippen molar-refractivity contribution in [3.05, 3.63) is 45.0 Å². The summed E-state index contributed by atoms with van der Waals surface area (Å²) in [5.41, 5.74) is 2.75. The van der Waals surface area contributed by atoms with E-state index in [-0.39, 0.29) is 37.6 Å². The number of fused-ring (bicyclic) bond motifs is 7. The SMILES string of the molecule is CCOC(=O)C1=C(C(=O)OCC)[C@@H]2O[C@H]1c1c3c(cc(COC(C)=O)c12)C(=O)OC3. The second kappa shape index (κ2) is 7.56. The van der Waals surface area contributed by atoms with Gasteiger partial charge in [-0.1, -0.05) is 0 Å². The van der Waals surface area contributed by atoms with Crippen LogP contribution in [0.4, 0.5) is 0 Å². The Morgan fingerprint density at radius 3 is 2.17 bits per heavy atom. The summed E-state index contributed by atoms with van der Waals surface area (Å²) in [7, 11) is 0. The van der Waals surface area contributed by atoms with Crippen molar-refractivity contribution in [2.75, 3.05) is 13.2 Å². The molecular weight excluding hydrogens is 396 g/mol. The van der Waals surface area contributed by atoms with Crippen molar-refractivity contribution in [1.82, 2.24) is 0 Å². The Hall–Kier alpha value is -3.20. The van der Waals surface area contributed by atoms with Crippen LogP contribution in [0, 0.1) is 0 Å². The molecule has 2 atom stereocenters. The fourth-order valence-electron chi connectivity index (χ4n) is 4.11. The Kier molecular flexibility index (Phi) is 5.07. The standard InChI is InChI=1S/C21H20O9/c1-4-26-20(24)15-16(21(25)27-5-2)18-14-12-8-29-19(23)11(12)6-10(7-28-9(3)22)13(14)17(15)30-18/h6,17-18H,4-5,7-8H2,1-3H3/t17-,18+/m1/s1. The predicted octanol–water partition coefficient (Wildman–Crippen LogP) is 1.97. The lowest BCUT2D eigenvalue weighted by Gasteiger charge is -2.22. The first-order valence-electron chi connectivity index (χ1n) is 9.61. The van der Waals surface area contributed by atoms with E-state index in [0.717, 1.165) is 0 Å². The van der Waals surface area contributed by atoms with Crippen molar-refractivity contribution in [2.45, 2.75) is 46.2 Å². The first-order valence-corrected chi connectivity index (χ1v) is 9.61. The molecule has 0 saturated carbocycles. The molecule has 9 heteroatoms. The molecular formula is C21H20O9. The molecule has 0 fully saturated rings. The van der Waals surface area contributed by atoms with Crippen LogP contribution in [0.3, 0.4) is 0 Å². The molecule has 0 saturated heterocycles. The minimum Gasteiger partial charge on any atom is -0.463 e. The van der Waals surface area contributed by atoms with Crippen LogP contribution in [0.25, 0.3) is 0 Å². The van der Waals surface area contributed by atoms with Crippen molar-refractivity contribution in [2.24, 2.45) is 0 Å². The molecule has 2 bridgehead atoms. The minimum atomic E-state index is -0.899. The molecule has 9 nitrogen and oxygen atoms in total. The van der Waals surface area contributed by atoms with Crippen LogP contribution < -0.4 is 0 Å². The summed E-state index contributed by atoms with van der Waals surface area (Å²) >= 11 is 0. The molecule has 0 spiro atoms. The van der Waals surface area contributed by atoms with Crippen LogP contribution in [0.1, 0.15) is 65.6 Å². The van der Waals surface area contributed by atoms with Gasteiger partial charge >= 0.3 is 23.9 Å². The molecule has 0 amide bonds. The van der Waals surface area contributed by atoms with Gasteiger partial charge in [0.1, 0.15) is 25.4 Å². The van der Waals surface area contributed by atoms with Gasteiger partial charge in [0.05, 0.1) is 29.9 Å². The zero-order valence-corrected chi connectivity index (χ0v) is 16.7. The third-order valence-electron chi connectivity index (χ3n) is 5.21. The van der Waals surface area contributed by atoms with Gasteiger partial charge in [-0.15, -0.1) is 0 Å². The number of ether oxygens (including phenoxy) is 5. The highest BCUT2D eigenvalue weighted by molar-refractivity contribution is 6.05. The van der Waals surface area contributed by atoms with Crippen LogP contribution in [0.15, 0.2) is 17.2 Å². The Balaban J connectivity index is 1.89. The van der Waals surface area contributed by atoms with E-state index in [1.54, 1.807) is 19.9 Å². The van der Waals surface area contributed by atoms with Gasteiger partial charge in [-0.05, 0) is 36.6 Å². The summed E-state index contributed by atoms with van der Waals surface area (Å²) in [5.74, 6) is -2.36. The lowest BCUT2D eigenvalue weighted by atomic mass is 9.80. The van der Waals surface area contributed by atoms with E-state index in [2.05, 4.69) is 0 Å². The number of benzene rings is 1. The fraction of sp³-hybridized carbons (Fsp3) is 0.429. The van der Waals surface area contributed by atoms with Gasteiger partial charge in [0.2, 0.25) is 0 Å². The average molecular weight is 416 g/mol. The summed E-state index contributed by atoms with van der Waals surface area (Å²) in [4.78, 5) is 48.9. The number of hydrogen-bond donors (Lipinski definition) is 0. The maximum atomic E-state index is 12.7. The number of cyclic esters (lactones) is 1. The number of carbonyl (C=O) groups excluding carboxylic acids is 4. The topological polar surface area (TPSA) is 114 Å². The number of esters is 4. The molecule has 3 aliphatic heterocycles. The quantitative estimate of drug-likeness (QED) is 0.507. The van der Waals surface area contributed by atoms with Crippen LogP contribution in [-0.2, 0) is 51.3 Å². The summed E-state index contributed by atoms with van der Waals surface area (Å²) < 4.78 is 26.6. The summed E-state index contributed by atoms with van der Waals surface area (Å²) in [6.45, 7) is 4.74. The van der Waals surface area contributed by atoms with Gasteiger partial charge in [-0.3, -0.25) is 4.79 Å². The van der Waals surface area contributed by atoms with E-state index in [9.17, 15) is 19.2 Å². The average Bonchev–Trinajstić information content (AvgIpc) is 3.38. The first kappa shape index (κ1) is 20.1. The lowest BCUT2D eigenvalue weighted by molar-refractivity contribution is -0.142. The molecule has 158 valence electrons. The third kappa shape index (κ3) is 2.97. The molecule has 0 radical (unpaired) electrons. The zero-order chi connectivity index (χ0) is 21.6. The summed E-state index contributed by atoms with van der Waals surface area (Å²) in [5, 5.41) is 0. The smallest absolute Gasteiger partial charge is 0.338 e. The predicted molar refractivity (Wildman–Crippen MR) is 97.9 cm³/mol. The molecule has 1 aromatic rings. The highest BCUT2D eigenvalue weighted by Crippen LogP contribution is 2.57. The first-order chi connectivity index (χ1) is 14.4. The van der Waals surface area contributed by atoms with Crippen LogP contribution in [0.2, 0.25) is 0 Å². The van der Waals surface area contributed by atoms with Crippen molar-refractivity contribution >= 4 is 23.9 Å². The maximum absolute atomic E-state index is 12.7. The Labute approximate surface area is 171 Å². The van der Waals surface area contributed by atoms with Crippen molar-refractivity contribution < 1.29 is 42.9 Å². The molecule has 0 N–H and O–H groups in total. The highest BCUT2D eigenvalue weighted by atomic mass is 16.6. The normalized spacial score (nSPS) is 20.6. The van der Waals surface area contributed by atoms with Crippen molar-refractivity contribution in [3.63, 3.8) is 0 Å². The zero-order valence-electron chi connectivity index (χ0n) is 16.7. The molecule has 1 aromatic carbocycles. The Morgan fingerprint density at radius 1 is 1.00 bits per heavy atom. The third-order valence-corrected chi connectivity index (χ3v) is 5.21. The molecule has 0 unspecified atom stereocenters. The van der Waals surface area contributed by atoms with Gasteiger partial charge in [0, 0.05) is 12.5 Å². The second-order valence-corrected chi connectivity index (χ2v) is 6.91. The van der Waals surface area contributed by atoms with Gasteiger partial charge in [0.15, 0.2) is 0 Å². The van der Waals surface area contributed by atoms with E-state index in [1.807, 2.05) is 0 Å². The van der Waals surface area contributed by atoms with Gasteiger partial charge < -0.3 is 23.7 Å². The van der Waals surface area contributed by atoms with E-state index in [4.69, 9.17) is 23.7 Å². The van der Waals surface area contributed by atoms with Crippen molar-refractivity contribution in [3.8, 4) is 0 Å². The minimum absolute atomic E-state index is 0.0295.